The normalized spacial score (nSPS) is 10.0. The third-order valence-electron chi connectivity index (χ3n) is 2.96. The minimum absolute atomic E-state index is 0.134. The van der Waals surface area contributed by atoms with Gasteiger partial charge in [0.15, 0.2) is 0 Å². The van der Waals surface area contributed by atoms with Crippen LogP contribution in [-0.2, 0) is 6.42 Å². The second kappa shape index (κ2) is 7.56. The molecule has 114 valence electrons. The predicted octanol–water partition coefficient (Wildman–Crippen LogP) is 3.72. The molecule has 0 heterocycles. The third kappa shape index (κ3) is 4.56. The molecule has 2 rings (SSSR count). The molecule has 0 spiro atoms. The van der Waals surface area contributed by atoms with Crippen LogP contribution < -0.4 is 10.6 Å². The SMILES string of the molecule is O=C(NCCc1ccc(Br)cc1)Nc1ccccc1[N+](=O)[O-]. The molecule has 2 amide bonds. The number of hydrogen-bond acceptors (Lipinski definition) is 3. The zero-order valence-electron chi connectivity index (χ0n) is 11.6. The van der Waals surface area contributed by atoms with Crippen LogP contribution in [0.3, 0.4) is 0 Å². The zero-order chi connectivity index (χ0) is 15.9. The highest BCUT2D eigenvalue weighted by Gasteiger charge is 2.14. The van der Waals surface area contributed by atoms with E-state index in [0.29, 0.717) is 13.0 Å². The summed E-state index contributed by atoms with van der Waals surface area (Å²) in [6.45, 7) is 0.439. The third-order valence-corrected chi connectivity index (χ3v) is 3.49. The minimum Gasteiger partial charge on any atom is -0.338 e. The van der Waals surface area contributed by atoms with Crippen molar-refractivity contribution in [3.63, 3.8) is 0 Å². The van der Waals surface area contributed by atoms with Crippen molar-refractivity contribution in [1.29, 1.82) is 0 Å². The maximum absolute atomic E-state index is 11.8. The second-order valence-electron chi connectivity index (χ2n) is 4.53. The Bertz CT molecular complexity index is 674. The van der Waals surface area contributed by atoms with Gasteiger partial charge in [-0.1, -0.05) is 40.2 Å². The summed E-state index contributed by atoms with van der Waals surface area (Å²) >= 11 is 3.36. The standard InChI is InChI=1S/C15H14BrN3O3/c16-12-7-5-11(6-8-12)9-10-17-15(20)18-13-3-1-2-4-14(13)19(21)22/h1-8H,9-10H2,(H2,17,18,20). The molecule has 0 unspecified atom stereocenters. The molecule has 2 aromatic rings. The molecule has 6 nitrogen and oxygen atoms in total. The molecule has 0 radical (unpaired) electrons. The molecule has 0 atom stereocenters. The average Bonchev–Trinajstić information content (AvgIpc) is 2.49. The van der Waals surface area contributed by atoms with Crippen LogP contribution in [0, 0.1) is 10.1 Å². The van der Waals surface area contributed by atoms with Gasteiger partial charge >= 0.3 is 6.03 Å². The van der Waals surface area contributed by atoms with Crippen LogP contribution in [0.4, 0.5) is 16.2 Å². The van der Waals surface area contributed by atoms with Gasteiger partial charge in [0.1, 0.15) is 5.69 Å². The van der Waals surface area contributed by atoms with E-state index in [1.165, 1.54) is 12.1 Å². The van der Waals surface area contributed by atoms with Gasteiger partial charge in [-0.25, -0.2) is 4.79 Å². The first-order chi connectivity index (χ1) is 10.6. The van der Waals surface area contributed by atoms with Crippen molar-refractivity contribution >= 4 is 33.3 Å². The summed E-state index contributed by atoms with van der Waals surface area (Å²) in [6, 6.07) is 13.3. The van der Waals surface area contributed by atoms with Crippen LogP contribution in [0.2, 0.25) is 0 Å². The maximum atomic E-state index is 11.8. The number of rotatable bonds is 5. The number of amides is 2. The van der Waals surface area contributed by atoms with E-state index in [0.717, 1.165) is 10.0 Å². The predicted molar refractivity (Wildman–Crippen MR) is 88.0 cm³/mol. The van der Waals surface area contributed by atoms with Crippen molar-refractivity contribution in [3.05, 3.63) is 68.7 Å². The summed E-state index contributed by atoms with van der Waals surface area (Å²) < 4.78 is 0.998. The fourth-order valence-electron chi connectivity index (χ4n) is 1.88. The molecule has 0 bridgehead atoms. The molecule has 2 N–H and O–H groups in total. The van der Waals surface area contributed by atoms with Gasteiger partial charge in [-0.3, -0.25) is 10.1 Å². The quantitative estimate of drug-likeness (QED) is 0.626. The van der Waals surface area contributed by atoms with E-state index in [-0.39, 0.29) is 11.4 Å². The van der Waals surface area contributed by atoms with E-state index in [1.54, 1.807) is 12.1 Å². The monoisotopic (exact) mass is 363 g/mol. The molecule has 0 saturated carbocycles. The minimum atomic E-state index is -0.530. The smallest absolute Gasteiger partial charge is 0.319 e. The Balaban J connectivity index is 1.86. The Morgan fingerprint density at radius 3 is 2.50 bits per heavy atom. The molecule has 0 aliphatic carbocycles. The lowest BCUT2D eigenvalue weighted by molar-refractivity contribution is -0.383. The Kier molecular flexibility index (Phi) is 5.48. The number of urea groups is 1. The van der Waals surface area contributed by atoms with Gasteiger partial charge in [0, 0.05) is 17.1 Å². The molecule has 0 saturated heterocycles. The van der Waals surface area contributed by atoms with Crippen molar-refractivity contribution in [2.24, 2.45) is 0 Å². The Labute approximate surface area is 135 Å². The summed E-state index contributed by atoms with van der Waals surface area (Å²) in [7, 11) is 0. The van der Waals surface area contributed by atoms with Gasteiger partial charge in [0.25, 0.3) is 5.69 Å². The summed E-state index contributed by atoms with van der Waals surface area (Å²) in [5, 5.41) is 16.0. The maximum Gasteiger partial charge on any atom is 0.319 e. The zero-order valence-corrected chi connectivity index (χ0v) is 13.2. The molecule has 0 fully saturated rings. The number of para-hydroxylation sites is 2. The molecule has 0 aromatic heterocycles. The Morgan fingerprint density at radius 1 is 1.14 bits per heavy atom. The van der Waals surface area contributed by atoms with Crippen LogP contribution in [0.1, 0.15) is 5.56 Å². The molecule has 22 heavy (non-hydrogen) atoms. The van der Waals surface area contributed by atoms with Crippen LogP contribution in [0.5, 0.6) is 0 Å². The summed E-state index contributed by atoms with van der Waals surface area (Å²) in [6.07, 6.45) is 0.678. The molecule has 0 aliphatic heterocycles. The lowest BCUT2D eigenvalue weighted by atomic mass is 10.1. The number of benzene rings is 2. The number of nitro benzene ring substituents is 1. The Hall–Kier alpha value is -2.41. The number of anilines is 1. The number of hydrogen-bond donors (Lipinski definition) is 2. The number of carbonyl (C=O) groups excluding carboxylic acids is 1. The molecular weight excluding hydrogens is 350 g/mol. The van der Waals surface area contributed by atoms with Gasteiger partial charge in [-0.05, 0) is 30.2 Å². The highest BCUT2D eigenvalue weighted by molar-refractivity contribution is 9.10. The van der Waals surface area contributed by atoms with Crippen LogP contribution in [-0.4, -0.2) is 17.5 Å². The van der Waals surface area contributed by atoms with Gasteiger partial charge in [-0.2, -0.15) is 0 Å². The largest absolute Gasteiger partial charge is 0.338 e. The van der Waals surface area contributed by atoms with Crippen molar-refractivity contribution in [3.8, 4) is 0 Å². The fourth-order valence-corrected chi connectivity index (χ4v) is 2.14. The van der Waals surface area contributed by atoms with E-state index < -0.39 is 11.0 Å². The van der Waals surface area contributed by atoms with Gasteiger partial charge < -0.3 is 10.6 Å². The van der Waals surface area contributed by atoms with Crippen molar-refractivity contribution in [1.82, 2.24) is 5.32 Å². The molecular formula is C15H14BrN3O3. The molecule has 2 aromatic carbocycles. The summed E-state index contributed by atoms with van der Waals surface area (Å²) in [5.41, 5.74) is 1.13. The van der Waals surface area contributed by atoms with E-state index in [4.69, 9.17) is 0 Å². The summed E-state index contributed by atoms with van der Waals surface area (Å²) in [5.74, 6) is 0. The number of carbonyl (C=O) groups is 1. The topological polar surface area (TPSA) is 84.3 Å². The first-order valence-corrected chi connectivity index (χ1v) is 7.38. The van der Waals surface area contributed by atoms with Crippen molar-refractivity contribution in [2.45, 2.75) is 6.42 Å². The fraction of sp³-hybridized carbons (Fsp3) is 0.133. The van der Waals surface area contributed by atoms with Crippen LogP contribution >= 0.6 is 15.9 Å². The van der Waals surface area contributed by atoms with Crippen LogP contribution in [0.15, 0.2) is 53.0 Å². The lowest BCUT2D eigenvalue weighted by Crippen LogP contribution is -2.30. The van der Waals surface area contributed by atoms with Crippen molar-refractivity contribution < 1.29 is 9.72 Å². The Morgan fingerprint density at radius 2 is 1.82 bits per heavy atom. The molecule has 7 heteroatoms. The van der Waals surface area contributed by atoms with Crippen molar-refractivity contribution in [2.75, 3.05) is 11.9 Å². The lowest BCUT2D eigenvalue weighted by Gasteiger charge is -2.08. The van der Waals surface area contributed by atoms with E-state index in [2.05, 4.69) is 26.6 Å². The number of nitrogens with zero attached hydrogens (tertiary/aromatic N) is 1. The summed E-state index contributed by atoms with van der Waals surface area (Å²) in [4.78, 5) is 22.1. The molecule has 0 aliphatic rings. The highest BCUT2D eigenvalue weighted by Crippen LogP contribution is 2.22. The first kappa shape index (κ1) is 16.0. The average molecular weight is 364 g/mol. The second-order valence-corrected chi connectivity index (χ2v) is 5.45. The number of halogens is 1. The van der Waals surface area contributed by atoms with E-state index >= 15 is 0 Å². The number of nitro groups is 1. The number of nitrogens with one attached hydrogen (secondary N) is 2. The van der Waals surface area contributed by atoms with E-state index in [9.17, 15) is 14.9 Å². The van der Waals surface area contributed by atoms with Gasteiger partial charge in [0.2, 0.25) is 0 Å². The first-order valence-electron chi connectivity index (χ1n) is 6.59. The highest BCUT2D eigenvalue weighted by atomic mass is 79.9. The van der Waals surface area contributed by atoms with Crippen LogP contribution in [0.25, 0.3) is 0 Å². The van der Waals surface area contributed by atoms with E-state index in [1.807, 2.05) is 24.3 Å². The van der Waals surface area contributed by atoms with Gasteiger partial charge in [0.05, 0.1) is 4.92 Å². The van der Waals surface area contributed by atoms with Gasteiger partial charge in [-0.15, -0.1) is 0 Å².